The highest BCUT2D eigenvalue weighted by Crippen LogP contribution is 2.38. The van der Waals surface area contributed by atoms with Gasteiger partial charge in [-0.2, -0.15) is 0 Å². The van der Waals surface area contributed by atoms with Gasteiger partial charge in [-0.3, -0.25) is 4.90 Å². The number of hydrogen-bond acceptors (Lipinski definition) is 2. The van der Waals surface area contributed by atoms with Gasteiger partial charge >= 0.3 is 0 Å². The summed E-state index contributed by atoms with van der Waals surface area (Å²) in [6.07, 6.45) is 4.10. The Kier molecular flexibility index (Phi) is 4.76. The Labute approximate surface area is 120 Å². The summed E-state index contributed by atoms with van der Waals surface area (Å²) in [5.74, 6) is -1.11. The molecule has 1 unspecified atom stereocenters. The Morgan fingerprint density at radius 2 is 1.60 bits per heavy atom. The molecule has 0 aromatic heterocycles. The van der Waals surface area contributed by atoms with Crippen molar-refractivity contribution in [2.75, 3.05) is 13.1 Å². The Balaban J connectivity index is 2.37. The van der Waals surface area contributed by atoms with E-state index in [1.54, 1.807) is 0 Å². The average molecular weight is 282 g/mol. The van der Waals surface area contributed by atoms with Gasteiger partial charge in [0.25, 0.3) is 0 Å². The Morgan fingerprint density at radius 3 is 2.05 bits per heavy atom. The fourth-order valence-electron chi connectivity index (χ4n) is 3.56. The molecule has 4 heteroatoms. The molecule has 0 saturated carbocycles. The second-order valence-electron chi connectivity index (χ2n) is 5.69. The fourth-order valence-corrected chi connectivity index (χ4v) is 3.56. The van der Waals surface area contributed by atoms with E-state index in [1.165, 1.54) is 25.0 Å². The number of nitrogens with two attached hydrogens (primary N) is 1. The molecule has 1 atom stereocenters. The molecule has 1 aliphatic rings. The van der Waals surface area contributed by atoms with Crippen LogP contribution in [-0.2, 0) is 0 Å². The standard InChI is InChI=1S/C16H24F2N2/c1-3-16(4-2,20-7-5-6-8-20)15(19)12-9-13(17)11-14(18)10-12/h9-11,15H,3-8,19H2,1-2H3. The fraction of sp³-hybridized carbons (Fsp3) is 0.625. The van der Waals surface area contributed by atoms with E-state index >= 15 is 0 Å². The summed E-state index contributed by atoms with van der Waals surface area (Å²) < 4.78 is 26.9. The van der Waals surface area contributed by atoms with Crippen molar-refractivity contribution in [1.82, 2.24) is 4.90 Å². The van der Waals surface area contributed by atoms with Crippen LogP contribution in [0.3, 0.4) is 0 Å². The molecule has 2 nitrogen and oxygen atoms in total. The maximum Gasteiger partial charge on any atom is 0.126 e. The smallest absolute Gasteiger partial charge is 0.126 e. The SMILES string of the molecule is CCC(CC)(C(N)c1cc(F)cc(F)c1)N1CCCC1. The summed E-state index contributed by atoms with van der Waals surface area (Å²) in [4.78, 5) is 2.40. The van der Waals surface area contributed by atoms with E-state index in [-0.39, 0.29) is 11.6 Å². The molecule has 0 bridgehead atoms. The number of halogens is 2. The van der Waals surface area contributed by atoms with Gasteiger partial charge in [-0.25, -0.2) is 8.78 Å². The van der Waals surface area contributed by atoms with E-state index in [0.29, 0.717) is 5.56 Å². The molecule has 1 aliphatic heterocycles. The van der Waals surface area contributed by atoms with Gasteiger partial charge in [0, 0.05) is 17.6 Å². The molecule has 2 rings (SSSR count). The number of nitrogens with zero attached hydrogens (tertiary/aromatic N) is 1. The zero-order valence-electron chi connectivity index (χ0n) is 12.3. The highest BCUT2D eigenvalue weighted by molar-refractivity contribution is 5.25. The molecule has 1 heterocycles. The Morgan fingerprint density at radius 1 is 1.10 bits per heavy atom. The van der Waals surface area contributed by atoms with E-state index < -0.39 is 11.6 Å². The minimum Gasteiger partial charge on any atom is -0.322 e. The first-order valence-electron chi connectivity index (χ1n) is 7.50. The van der Waals surface area contributed by atoms with E-state index in [9.17, 15) is 8.78 Å². The summed E-state index contributed by atoms with van der Waals surface area (Å²) in [5.41, 5.74) is 6.78. The molecule has 1 aromatic rings. The molecule has 1 fully saturated rings. The lowest BCUT2D eigenvalue weighted by Crippen LogP contribution is -2.53. The lowest BCUT2D eigenvalue weighted by molar-refractivity contribution is 0.0765. The van der Waals surface area contributed by atoms with Gasteiger partial charge in [0.1, 0.15) is 11.6 Å². The van der Waals surface area contributed by atoms with E-state index in [4.69, 9.17) is 5.73 Å². The monoisotopic (exact) mass is 282 g/mol. The first-order chi connectivity index (χ1) is 9.53. The molecule has 2 N–H and O–H groups in total. The van der Waals surface area contributed by atoms with Crippen molar-refractivity contribution in [1.29, 1.82) is 0 Å². The molecule has 1 aromatic carbocycles. The summed E-state index contributed by atoms with van der Waals surface area (Å²) in [5, 5.41) is 0. The van der Waals surface area contributed by atoms with Crippen molar-refractivity contribution in [3.8, 4) is 0 Å². The molecule has 112 valence electrons. The van der Waals surface area contributed by atoms with E-state index in [1.807, 2.05) is 0 Å². The van der Waals surface area contributed by atoms with Crippen LogP contribution in [0.2, 0.25) is 0 Å². The van der Waals surface area contributed by atoms with E-state index in [2.05, 4.69) is 18.7 Å². The summed E-state index contributed by atoms with van der Waals surface area (Å²) in [7, 11) is 0. The first kappa shape index (κ1) is 15.4. The lowest BCUT2D eigenvalue weighted by Gasteiger charge is -2.45. The molecular formula is C16H24F2N2. The molecule has 1 saturated heterocycles. The summed E-state index contributed by atoms with van der Waals surface area (Å²) in [6.45, 7) is 6.26. The molecule has 0 aliphatic carbocycles. The normalized spacial score (nSPS) is 18.4. The first-order valence-corrected chi connectivity index (χ1v) is 7.50. The van der Waals surface area contributed by atoms with Gasteiger partial charge in [0.05, 0.1) is 0 Å². The number of hydrogen-bond donors (Lipinski definition) is 1. The molecule has 0 amide bonds. The minimum absolute atomic E-state index is 0.212. The molecular weight excluding hydrogens is 258 g/mol. The Hall–Kier alpha value is -1.00. The maximum atomic E-state index is 13.5. The predicted molar refractivity (Wildman–Crippen MR) is 77.4 cm³/mol. The van der Waals surface area contributed by atoms with Crippen LogP contribution < -0.4 is 5.73 Å². The minimum atomic E-state index is -0.557. The van der Waals surface area contributed by atoms with Crippen LogP contribution in [-0.4, -0.2) is 23.5 Å². The van der Waals surface area contributed by atoms with Gasteiger partial charge in [-0.1, -0.05) is 13.8 Å². The van der Waals surface area contributed by atoms with Crippen LogP contribution in [0.15, 0.2) is 18.2 Å². The number of rotatable bonds is 5. The predicted octanol–water partition coefficient (Wildman–Crippen LogP) is 3.62. The van der Waals surface area contributed by atoms with Crippen molar-refractivity contribution in [3.63, 3.8) is 0 Å². The topological polar surface area (TPSA) is 29.3 Å². The highest BCUT2D eigenvalue weighted by Gasteiger charge is 2.41. The Bertz CT molecular complexity index is 432. The lowest BCUT2D eigenvalue weighted by atomic mass is 9.79. The third-order valence-corrected chi connectivity index (χ3v) is 4.78. The molecule has 0 radical (unpaired) electrons. The third kappa shape index (κ3) is 2.72. The third-order valence-electron chi connectivity index (χ3n) is 4.78. The van der Waals surface area contributed by atoms with Crippen LogP contribution >= 0.6 is 0 Å². The van der Waals surface area contributed by atoms with Crippen molar-refractivity contribution >= 4 is 0 Å². The van der Waals surface area contributed by atoms with Gasteiger partial charge < -0.3 is 5.73 Å². The number of benzene rings is 1. The zero-order chi connectivity index (χ0) is 14.8. The summed E-state index contributed by atoms with van der Waals surface area (Å²) in [6, 6.07) is 3.25. The second kappa shape index (κ2) is 6.19. The highest BCUT2D eigenvalue weighted by atomic mass is 19.1. The van der Waals surface area contributed by atoms with Crippen LogP contribution in [0.5, 0.6) is 0 Å². The number of likely N-dealkylation sites (tertiary alicyclic amines) is 1. The maximum absolute atomic E-state index is 13.5. The van der Waals surface area contributed by atoms with Crippen LogP contribution in [0.1, 0.15) is 51.1 Å². The summed E-state index contributed by atoms with van der Waals surface area (Å²) >= 11 is 0. The second-order valence-corrected chi connectivity index (χ2v) is 5.69. The largest absolute Gasteiger partial charge is 0.322 e. The van der Waals surface area contributed by atoms with Crippen molar-refractivity contribution in [3.05, 3.63) is 35.4 Å². The van der Waals surface area contributed by atoms with Crippen molar-refractivity contribution < 1.29 is 8.78 Å². The van der Waals surface area contributed by atoms with Gasteiger partial charge in [0.2, 0.25) is 0 Å². The van der Waals surface area contributed by atoms with Gasteiger partial charge in [-0.05, 0) is 56.5 Å². The van der Waals surface area contributed by atoms with Crippen molar-refractivity contribution in [2.24, 2.45) is 5.73 Å². The van der Waals surface area contributed by atoms with Crippen LogP contribution in [0, 0.1) is 11.6 Å². The molecule has 20 heavy (non-hydrogen) atoms. The zero-order valence-corrected chi connectivity index (χ0v) is 12.3. The molecule has 0 spiro atoms. The van der Waals surface area contributed by atoms with Crippen LogP contribution in [0.25, 0.3) is 0 Å². The van der Waals surface area contributed by atoms with Gasteiger partial charge in [-0.15, -0.1) is 0 Å². The quantitative estimate of drug-likeness (QED) is 0.893. The van der Waals surface area contributed by atoms with Crippen LogP contribution in [0.4, 0.5) is 8.78 Å². The average Bonchev–Trinajstić information content (AvgIpc) is 2.94. The van der Waals surface area contributed by atoms with Crippen molar-refractivity contribution in [2.45, 2.75) is 51.1 Å². The van der Waals surface area contributed by atoms with Gasteiger partial charge in [0.15, 0.2) is 0 Å². The van der Waals surface area contributed by atoms with E-state index in [0.717, 1.165) is 32.0 Å².